The third-order valence-corrected chi connectivity index (χ3v) is 7.26. The monoisotopic (exact) mass is 477 g/mol. The number of thiazole rings is 1. The first-order valence-electron chi connectivity index (χ1n) is 11.2. The zero-order valence-corrected chi connectivity index (χ0v) is 19.2. The fourth-order valence-corrected chi connectivity index (χ4v) is 5.13. The molecule has 0 unspecified atom stereocenters. The van der Waals surface area contributed by atoms with E-state index in [2.05, 4.69) is 40.6 Å². The number of carboxylic acid groups (broad SMARTS) is 2. The van der Waals surface area contributed by atoms with E-state index in [0.29, 0.717) is 23.2 Å². The van der Waals surface area contributed by atoms with Crippen molar-refractivity contribution in [1.82, 2.24) is 15.3 Å². The van der Waals surface area contributed by atoms with Gasteiger partial charge in [-0.1, -0.05) is 47.7 Å². The number of aromatic nitrogens is 2. The standard InChI is InChI=1S/C25H22FN3S.CH2O3/c26-20-14-16(15-27-18-7-8-18)6-9-19(20)23-28-21-10-11-22(29-24(21)30-23)25(12-13-25)17-4-2-1-3-5-17;2-1(3)4/h1-6,9-11,14,18,27H,7-8,12-13,15H2;(H2,2,3,4). The molecule has 0 bridgehead atoms. The van der Waals surface area contributed by atoms with Gasteiger partial charge < -0.3 is 15.5 Å². The zero-order valence-electron chi connectivity index (χ0n) is 18.4. The van der Waals surface area contributed by atoms with Gasteiger partial charge in [0.25, 0.3) is 0 Å². The predicted octanol–water partition coefficient (Wildman–Crippen LogP) is 6.05. The van der Waals surface area contributed by atoms with Crippen molar-refractivity contribution in [1.29, 1.82) is 0 Å². The highest BCUT2D eigenvalue weighted by molar-refractivity contribution is 7.21. The van der Waals surface area contributed by atoms with Crippen molar-refractivity contribution in [2.45, 2.75) is 43.7 Å². The first-order valence-corrected chi connectivity index (χ1v) is 12.0. The Bertz CT molecular complexity index is 1330. The van der Waals surface area contributed by atoms with Crippen molar-refractivity contribution in [2.24, 2.45) is 0 Å². The molecule has 2 saturated carbocycles. The van der Waals surface area contributed by atoms with Gasteiger partial charge >= 0.3 is 6.16 Å². The van der Waals surface area contributed by atoms with Gasteiger partial charge in [0.1, 0.15) is 21.2 Å². The minimum absolute atomic E-state index is 0.0288. The lowest BCUT2D eigenvalue weighted by atomic mass is 9.92. The van der Waals surface area contributed by atoms with Gasteiger partial charge in [0.05, 0.1) is 5.69 Å². The summed E-state index contributed by atoms with van der Waals surface area (Å²) in [4.78, 5) is 19.1. The second-order valence-corrected chi connectivity index (χ2v) is 9.72. The molecule has 2 fully saturated rings. The number of halogens is 1. The summed E-state index contributed by atoms with van der Waals surface area (Å²) in [6.07, 6.45) is 2.86. The largest absolute Gasteiger partial charge is 0.503 e. The highest BCUT2D eigenvalue weighted by atomic mass is 32.1. The van der Waals surface area contributed by atoms with Crippen molar-refractivity contribution in [3.05, 3.63) is 83.3 Å². The average molecular weight is 478 g/mol. The summed E-state index contributed by atoms with van der Waals surface area (Å²) in [5.74, 6) is -0.215. The Hall–Kier alpha value is -3.36. The van der Waals surface area contributed by atoms with Gasteiger partial charge in [-0.25, -0.2) is 19.2 Å². The van der Waals surface area contributed by atoms with E-state index in [1.807, 2.05) is 24.3 Å². The van der Waals surface area contributed by atoms with E-state index in [9.17, 15) is 4.39 Å². The van der Waals surface area contributed by atoms with Crippen LogP contribution in [0.1, 0.15) is 42.5 Å². The molecule has 3 N–H and O–H groups in total. The summed E-state index contributed by atoms with van der Waals surface area (Å²) in [7, 11) is 0. The Labute approximate surface area is 200 Å². The number of nitrogens with one attached hydrogen (secondary N) is 1. The summed E-state index contributed by atoms with van der Waals surface area (Å²) < 4.78 is 14.8. The number of benzene rings is 2. The molecule has 2 aromatic heterocycles. The van der Waals surface area contributed by atoms with Crippen LogP contribution in [0.3, 0.4) is 0 Å². The molecule has 2 aliphatic rings. The maximum absolute atomic E-state index is 14.8. The maximum Gasteiger partial charge on any atom is 0.503 e. The van der Waals surface area contributed by atoms with Crippen LogP contribution in [0.4, 0.5) is 9.18 Å². The molecule has 6 rings (SSSR count). The van der Waals surface area contributed by atoms with E-state index in [4.69, 9.17) is 20.0 Å². The van der Waals surface area contributed by atoms with E-state index in [1.54, 1.807) is 6.07 Å². The number of carbonyl (C=O) groups is 1. The van der Waals surface area contributed by atoms with Crippen molar-refractivity contribution < 1.29 is 19.4 Å². The third kappa shape index (κ3) is 4.78. The lowest BCUT2D eigenvalue weighted by Crippen LogP contribution is -2.15. The Morgan fingerprint density at radius 1 is 1.06 bits per heavy atom. The fraction of sp³-hybridized carbons (Fsp3) is 0.269. The minimum atomic E-state index is -1.83. The van der Waals surface area contributed by atoms with Gasteiger partial charge in [-0.3, -0.25) is 0 Å². The van der Waals surface area contributed by atoms with Crippen LogP contribution in [0.15, 0.2) is 60.7 Å². The fourth-order valence-electron chi connectivity index (χ4n) is 4.17. The first kappa shape index (κ1) is 22.4. The van der Waals surface area contributed by atoms with Crippen molar-refractivity contribution >= 4 is 27.8 Å². The summed E-state index contributed by atoms with van der Waals surface area (Å²) >= 11 is 1.47. The van der Waals surface area contributed by atoms with Crippen molar-refractivity contribution in [3.8, 4) is 10.6 Å². The molecule has 2 aromatic carbocycles. The number of fused-ring (bicyclic) bond motifs is 1. The normalized spacial score (nSPS) is 16.0. The summed E-state index contributed by atoms with van der Waals surface area (Å²) in [6.45, 7) is 0.716. The molecule has 174 valence electrons. The Balaban J connectivity index is 0.000000560. The van der Waals surface area contributed by atoms with Gasteiger partial charge in [-0.05, 0) is 61.1 Å². The molecule has 0 radical (unpaired) electrons. The number of hydrogen-bond acceptors (Lipinski definition) is 5. The smallest absolute Gasteiger partial charge is 0.450 e. The summed E-state index contributed by atoms with van der Waals surface area (Å²) in [5, 5.41) is 18.1. The van der Waals surface area contributed by atoms with Crippen molar-refractivity contribution in [3.63, 3.8) is 0 Å². The topological polar surface area (TPSA) is 95.3 Å². The molecule has 0 atom stereocenters. The van der Waals surface area contributed by atoms with Gasteiger partial charge in [0.2, 0.25) is 0 Å². The highest BCUT2D eigenvalue weighted by Crippen LogP contribution is 2.53. The lowest BCUT2D eigenvalue weighted by molar-refractivity contribution is 0.137. The molecule has 8 heteroatoms. The SMILES string of the molecule is Fc1cc(CNC2CC2)ccc1-c1nc2ccc(C3(c4ccccc4)CC3)nc2s1.O=C(O)O. The molecule has 2 aliphatic carbocycles. The molecule has 0 aliphatic heterocycles. The van der Waals surface area contributed by atoms with Crippen LogP contribution in [-0.2, 0) is 12.0 Å². The van der Waals surface area contributed by atoms with Crippen LogP contribution in [0, 0.1) is 5.82 Å². The second kappa shape index (κ2) is 9.12. The van der Waals surface area contributed by atoms with E-state index >= 15 is 0 Å². The molecule has 4 aromatic rings. The van der Waals surface area contributed by atoms with Gasteiger partial charge in [-0.15, -0.1) is 0 Å². The Morgan fingerprint density at radius 3 is 2.44 bits per heavy atom. The summed E-state index contributed by atoms with van der Waals surface area (Å²) in [6, 6.07) is 20.8. The van der Waals surface area contributed by atoms with Crippen LogP contribution < -0.4 is 5.32 Å². The lowest BCUT2D eigenvalue weighted by Gasteiger charge is -2.14. The van der Waals surface area contributed by atoms with E-state index in [0.717, 1.165) is 34.4 Å². The highest BCUT2D eigenvalue weighted by Gasteiger charge is 2.47. The van der Waals surface area contributed by atoms with Crippen LogP contribution in [-0.4, -0.2) is 32.4 Å². The Morgan fingerprint density at radius 2 is 1.79 bits per heavy atom. The van der Waals surface area contributed by atoms with E-state index < -0.39 is 6.16 Å². The number of hydrogen-bond donors (Lipinski definition) is 3. The quantitative estimate of drug-likeness (QED) is 0.313. The van der Waals surface area contributed by atoms with Crippen LogP contribution in [0.2, 0.25) is 0 Å². The van der Waals surface area contributed by atoms with E-state index in [-0.39, 0.29) is 11.2 Å². The Kier molecular flexibility index (Phi) is 6.02. The van der Waals surface area contributed by atoms with E-state index in [1.165, 1.54) is 29.7 Å². The third-order valence-electron chi connectivity index (χ3n) is 6.26. The zero-order chi connectivity index (χ0) is 23.7. The molecule has 6 nitrogen and oxygen atoms in total. The van der Waals surface area contributed by atoms with Crippen LogP contribution in [0.5, 0.6) is 0 Å². The van der Waals surface area contributed by atoms with Gasteiger partial charge in [0, 0.05) is 23.6 Å². The average Bonchev–Trinajstić information content (AvgIpc) is 3.75. The predicted molar refractivity (Wildman–Crippen MR) is 130 cm³/mol. The molecule has 34 heavy (non-hydrogen) atoms. The molecule has 2 heterocycles. The molecular weight excluding hydrogens is 453 g/mol. The molecule has 0 spiro atoms. The first-order chi connectivity index (χ1) is 16.4. The van der Waals surface area contributed by atoms with Crippen LogP contribution >= 0.6 is 11.3 Å². The van der Waals surface area contributed by atoms with Gasteiger partial charge in [-0.2, -0.15) is 0 Å². The van der Waals surface area contributed by atoms with Crippen LogP contribution in [0.25, 0.3) is 20.9 Å². The molecule has 0 amide bonds. The molecule has 0 saturated heterocycles. The second-order valence-electron chi connectivity index (χ2n) is 8.74. The summed E-state index contributed by atoms with van der Waals surface area (Å²) in [5.41, 5.74) is 4.81. The number of pyridine rings is 1. The number of nitrogens with zero attached hydrogens (tertiary/aromatic N) is 2. The molecular formula is C26H24FN3O3S. The maximum atomic E-state index is 14.8. The minimum Gasteiger partial charge on any atom is -0.450 e. The number of rotatable bonds is 6. The van der Waals surface area contributed by atoms with Gasteiger partial charge in [0.15, 0.2) is 0 Å². The van der Waals surface area contributed by atoms with Crippen molar-refractivity contribution in [2.75, 3.05) is 0 Å².